The van der Waals surface area contributed by atoms with Gasteiger partial charge in [0.25, 0.3) is 0 Å². The number of halogens is 2. The van der Waals surface area contributed by atoms with Gasteiger partial charge in [-0.25, -0.2) is 4.79 Å². The average molecular weight is 519 g/mol. The summed E-state index contributed by atoms with van der Waals surface area (Å²) in [6.45, 7) is 1.17. The van der Waals surface area contributed by atoms with E-state index in [4.69, 9.17) is 37.7 Å². The van der Waals surface area contributed by atoms with Crippen molar-refractivity contribution >= 4 is 45.8 Å². The van der Waals surface area contributed by atoms with E-state index < -0.39 is 12.1 Å². The first kappa shape index (κ1) is 24.2. The molecular weight excluding hydrogens is 495 g/mol. The van der Waals surface area contributed by atoms with Gasteiger partial charge < -0.3 is 14.4 Å². The number of rotatable bonds is 7. The molecule has 0 saturated carbocycles. The van der Waals surface area contributed by atoms with Gasteiger partial charge in [0.2, 0.25) is 0 Å². The predicted octanol–water partition coefficient (Wildman–Crippen LogP) is 6.64. The second-order valence-corrected chi connectivity index (χ2v) is 9.46. The molecule has 0 radical (unpaired) electrons. The highest BCUT2D eigenvalue weighted by Crippen LogP contribution is 2.27. The van der Waals surface area contributed by atoms with Crippen molar-refractivity contribution in [2.75, 3.05) is 20.2 Å². The van der Waals surface area contributed by atoms with Crippen LogP contribution in [-0.4, -0.2) is 43.0 Å². The van der Waals surface area contributed by atoms with Gasteiger partial charge in [-0.3, -0.25) is 4.99 Å². The lowest BCUT2D eigenvalue weighted by molar-refractivity contribution is 0.0132. The van der Waals surface area contributed by atoms with Gasteiger partial charge in [-0.15, -0.1) is 0 Å². The number of hydrogen-bond acceptors (Lipinski definition) is 5. The standard InChI is InChI=1S/C29H24Cl2N2O3/c1-33(28-24-11-5-3-8-20(24)16-32-28)17-22(36-29(34)25-14-13-21(30)15-26(25)31)18-35-27-12-6-9-19-7-2-4-10-23(19)27/h2-15,22H,16-18H2,1H3. The summed E-state index contributed by atoms with van der Waals surface area (Å²) in [6, 6.07) is 26.7. The minimum absolute atomic E-state index is 0.157. The molecule has 0 amide bonds. The van der Waals surface area contributed by atoms with Crippen LogP contribution in [0.25, 0.3) is 10.8 Å². The summed E-state index contributed by atoms with van der Waals surface area (Å²) in [6.07, 6.45) is -0.594. The zero-order chi connectivity index (χ0) is 25.1. The fraction of sp³-hybridized carbons (Fsp3) is 0.172. The summed E-state index contributed by atoms with van der Waals surface area (Å²) < 4.78 is 12.1. The Hall–Kier alpha value is -3.54. The van der Waals surface area contributed by atoms with E-state index in [1.54, 1.807) is 12.1 Å². The maximum atomic E-state index is 13.1. The van der Waals surface area contributed by atoms with Gasteiger partial charge >= 0.3 is 5.97 Å². The smallest absolute Gasteiger partial charge is 0.340 e. The molecule has 0 bridgehead atoms. The van der Waals surface area contributed by atoms with Gasteiger partial charge in [0.15, 0.2) is 6.10 Å². The number of ether oxygens (including phenoxy) is 2. The van der Waals surface area contributed by atoms with Crippen molar-refractivity contribution in [2.45, 2.75) is 12.6 Å². The lowest BCUT2D eigenvalue weighted by Crippen LogP contribution is -2.39. The summed E-state index contributed by atoms with van der Waals surface area (Å²) in [5.74, 6) is 1.05. The van der Waals surface area contributed by atoms with Crippen molar-refractivity contribution in [1.82, 2.24) is 4.90 Å². The van der Waals surface area contributed by atoms with Gasteiger partial charge in [-0.1, -0.05) is 83.9 Å². The van der Waals surface area contributed by atoms with Crippen molar-refractivity contribution in [3.8, 4) is 5.75 Å². The topological polar surface area (TPSA) is 51.1 Å². The third-order valence-corrected chi connectivity index (χ3v) is 6.64. The first-order valence-electron chi connectivity index (χ1n) is 11.6. The van der Waals surface area contributed by atoms with Crippen LogP contribution in [-0.2, 0) is 11.3 Å². The molecule has 7 heteroatoms. The maximum absolute atomic E-state index is 13.1. The molecule has 5 rings (SSSR count). The summed E-state index contributed by atoms with van der Waals surface area (Å²) in [7, 11) is 1.94. The second-order valence-electron chi connectivity index (χ2n) is 8.62. The van der Waals surface area contributed by atoms with E-state index in [0.717, 1.165) is 27.9 Å². The summed E-state index contributed by atoms with van der Waals surface area (Å²) in [4.78, 5) is 19.8. The number of carbonyl (C=O) groups excluding carboxylic acids is 1. The Bertz CT molecular complexity index is 1450. The first-order valence-corrected chi connectivity index (χ1v) is 12.4. The summed E-state index contributed by atoms with van der Waals surface area (Å²) >= 11 is 12.3. The molecular formula is C29H24Cl2N2O3. The van der Waals surface area contributed by atoms with E-state index in [0.29, 0.717) is 18.1 Å². The first-order chi connectivity index (χ1) is 17.5. The van der Waals surface area contributed by atoms with E-state index in [-0.39, 0.29) is 17.2 Å². The lowest BCUT2D eigenvalue weighted by Gasteiger charge is -2.26. The average Bonchev–Trinajstić information content (AvgIpc) is 3.31. The second kappa shape index (κ2) is 10.6. The molecule has 0 aromatic heterocycles. The normalized spacial score (nSPS) is 13.1. The molecule has 5 nitrogen and oxygen atoms in total. The van der Waals surface area contributed by atoms with Gasteiger partial charge in [0, 0.05) is 23.0 Å². The van der Waals surface area contributed by atoms with Crippen LogP contribution in [0.5, 0.6) is 5.75 Å². The number of nitrogens with zero attached hydrogens (tertiary/aromatic N) is 2. The van der Waals surface area contributed by atoms with Gasteiger partial charge in [-0.2, -0.15) is 0 Å². The zero-order valence-electron chi connectivity index (χ0n) is 19.7. The minimum atomic E-state index is -0.594. The fourth-order valence-corrected chi connectivity index (χ4v) is 4.82. The Balaban J connectivity index is 1.37. The van der Waals surface area contributed by atoms with Gasteiger partial charge in [0.1, 0.15) is 18.2 Å². The highest BCUT2D eigenvalue weighted by molar-refractivity contribution is 6.36. The number of amidine groups is 1. The van der Waals surface area contributed by atoms with Gasteiger partial charge in [0.05, 0.1) is 23.7 Å². The van der Waals surface area contributed by atoms with Crippen molar-refractivity contribution in [3.63, 3.8) is 0 Å². The van der Waals surface area contributed by atoms with E-state index in [9.17, 15) is 4.79 Å². The number of aliphatic imine (C=N–C) groups is 1. The molecule has 0 aliphatic carbocycles. The van der Waals surface area contributed by atoms with E-state index in [1.165, 1.54) is 11.6 Å². The van der Waals surface area contributed by atoms with Crippen LogP contribution in [0.1, 0.15) is 21.5 Å². The Morgan fingerprint density at radius 1 is 1.00 bits per heavy atom. The number of hydrogen-bond donors (Lipinski definition) is 0. The summed E-state index contributed by atoms with van der Waals surface area (Å²) in [5, 5.41) is 2.76. The molecule has 1 heterocycles. The van der Waals surface area contributed by atoms with Crippen LogP contribution < -0.4 is 4.74 Å². The van der Waals surface area contributed by atoms with Crippen molar-refractivity contribution in [1.29, 1.82) is 0 Å². The lowest BCUT2D eigenvalue weighted by atomic mass is 10.1. The molecule has 0 N–H and O–H groups in total. The maximum Gasteiger partial charge on any atom is 0.340 e. The Morgan fingerprint density at radius 3 is 2.64 bits per heavy atom. The third kappa shape index (κ3) is 5.18. The monoisotopic (exact) mass is 518 g/mol. The number of likely N-dealkylation sites (N-methyl/N-ethyl adjacent to an activating group) is 1. The molecule has 1 aliphatic heterocycles. The van der Waals surface area contributed by atoms with Crippen LogP contribution in [0.3, 0.4) is 0 Å². The van der Waals surface area contributed by atoms with Crippen molar-refractivity contribution < 1.29 is 14.3 Å². The van der Waals surface area contributed by atoms with Crippen molar-refractivity contribution in [2.24, 2.45) is 4.99 Å². The number of carbonyl (C=O) groups is 1. The molecule has 4 aromatic rings. The van der Waals surface area contributed by atoms with Crippen LogP contribution in [0.2, 0.25) is 10.0 Å². The van der Waals surface area contributed by atoms with E-state index >= 15 is 0 Å². The third-order valence-electron chi connectivity index (χ3n) is 6.10. The van der Waals surface area contributed by atoms with Crippen LogP contribution >= 0.6 is 23.2 Å². The molecule has 0 spiro atoms. The fourth-order valence-electron chi connectivity index (χ4n) is 4.34. The molecule has 0 fully saturated rings. The molecule has 36 heavy (non-hydrogen) atoms. The van der Waals surface area contributed by atoms with Crippen LogP contribution in [0, 0.1) is 0 Å². The molecule has 1 unspecified atom stereocenters. The van der Waals surface area contributed by atoms with E-state index in [1.807, 2.05) is 66.5 Å². The Kier molecular flexibility index (Phi) is 7.12. The quantitative estimate of drug-likeness (QED) is 0.257. The van der Waals surface area contributed by atoms with Crippen LogP contribution in [0.15, 0.2) is 89.9 Å². The predicted molar refractivity (Wildman–Crippen MR) is 144 cm³/mol. The Labute approximate surface area is 219 Å². The largest absolute Gasteiger partial charge is 0.489 e. The molecule has 182 valence electrons. The number of fused-ring (bicyclic) bond motifs is 2. The SMILES string of the molecule is CN(CC(COc1cccc2ccccc12)OC(=O)c1ccc(Cl)cc1Cl)C1=NCc2ccccc21. The Morgan fingerprint density at radius 2 is 1.78 bits per heavy atom. The minimum Gasteiger partial charge on any atom is -0.489 e. The van der Waals surface area contributed by atoms with Gasteiger partial charge in [-0.05, 0) is 35.2 Å². The zero-order valence-corrected chi connectivity index (χ0v) is 21.2. The van der Waals surface area contributed by atoms with Crippen molar-refractivity contribution in [3.05, 3.63) is 112 Å². The molecule has 4 aromatic carbocycles. The van der Waals surface area contributed by atoms with Crippen LogP contribution in [0.4, 0.5) is 0 Å². The highest BCUT2D eigenvalue weighted by Gasteiger charge is 2.25. The molecule has 0 saturated heterocycles. The molecule has 1 atom stereocenters. The number of benzene rings is 4. The highest BCUT2D eigenvalue weighted by atomic mass is 35.5. The van der Waals surface area contributed by atoms with E-state index in [2.05, 4.69) is 12.1 Å². The molecule has 1 aliphatic rings. The number of esters is 1. The summed E-state index contributed by atoms with van der Waals surface area (Å²) in [5.41, 5.74) is 2.51.